The predicted octanol–water partition coefficient (Wildman–Crippen LogP) is 1.31. The SMILES string of the molecule is Cc1ccccc1N(CC(=O)N1CCN(CC(=O)N2CCCCC2C)CC1)S(C)(=O)=O. The molecule has 0 aromatic heterocycles. The summed E-state index contributed by atoms with van der Waals surface area (Å²) in [4.78, 5) is 31.3. The Morgan fingerprint density at radius 1 is 1.03 bits per heavy atom. The molecule has 2 heterocycles. The molecule has 0 saturated carbocycles. The van der Waals surface area contributed by atoms with Gasteiger partial charge in [-0.05, 0) is 44.7 Å². The normalized spacial score (nSPS) is 20.5. The molecule has 172 valence electrons. The van der Waals surface area contributed by atoms with Gasteiger partial charge in [0.2, 0.25) is 21.8 Å². The molecule has 1 aromatic rings. The molecule has 0 bridgehead atoms. The van der Waals surface area contributed by atoms with Crippen LogP contribution < -0.4 is 4.31 Å². The van der Waals surface area contributed by atoms with E-state index in [4.69, 9.17) is 0 Å². The lowest BCUT2D eigenvalue weighted by molar-refractivity contribution is -0.137. The summed E-state index contributed by atoms with van der Waals surface area (Å²) >= 11 is 0. The number of amides is 2. The first-order chi connectivity index (χ1) is 14.7. The Balaban J connectivity index is 1.55. The third-order valence-corrected chi connectivity index (χ3v) is 7.40. The Bertz CT molecular complexity index is 897. The molecule has 9 heteroatoms. The minimum Gasteiger partial charge on any atom is -0.339 e. The van der Waals surface area contributed by atoms with Crippen LogP contribution in [0.25, 0.3) is 0 Å². The monoisotopic (exact) mass is 450 g/mol. The summed E-state index contributed by atoms with van der Waals surface area (Å²) in [6.07, 6.45) is 4.43. The molecule has 2 fully saturated rings. The zero-order chi connectivity index (χ0) is 22.6. The summed E-state index contributed by atoms with van der Waals surface area (Å²) in [5, 5.41) is 0. The number of benzene rings is 1. The third-order valence-electron chi connectivity index (χ3n) is 6.27. The molecule has 1 aromatic carbocycles. The van der Waals surface area contributed by atoms with E-state index in [1.807, 2.05) is 24.0 Å². The van der Waals surface area contributed by atoms with Crippen LogP contribution in [0, 0.1) is 6.92 Å². The van der Waals surface area contributed by atoms with Crippen molar-refractivity contribution in [2.24, 2.45) is 0 Å². The Morgan fingerprint density at radius 2 is 1.71 bits per heavy atom. The number of likely N-dealkylation sites (tertiary alicyclic amines) is 1. The summed E-state index contributed by atoms with van der Waals surface area (Å²) < 4.78 is 25.9. The molecule has 2 aliphatic rings. The molecule has 3 rings (SSSR count). The topological polar surface area (TPSA) is 81.2 Å². The van der Waals surface area contributed by atoms with Gasteiger partial charge in [-0.1, -0.05) is 18.2 Å². The molecule has 2 aliphatic heterocycles. The fourth-order valence-electron chi connectivity index (χ4n) is 4.35. The molecule has 31 heavy (non-hydrogen) atoms. The largest absolute Gasteiger partial charge is 0.339 e. The summed E-state index contributed by atoms with van der Waals surface area (Å²) in [5.74, 6) is -0.0564. The number of carbonyl (C=O) groups is 2. The van der Waals surface area contributed by atoms with Crippen molar-refractivity contribution < 1.29 is 18.0 Å². The number of nitrogens with zero attached hydrogens (tertiary/aromatic N) is 4. The molecular weight excluding hydrogens is 416 g/mol. The highest BCUT2D eigenvalue weighted by atomic mass is 32.2. The van der Waals surface area contributed by atoms with Crippen molar-refractivity contribution in [3.63, 3.8) is 0 Å². The highest BCUT2D eigenvalue weighted by molar-refractivity contribution is 7.92. The zero-order valence-electron chi connectivity index (χ0n) is 18.8. The van der Waals surface area contributed by atoms with Crippen LogP contribution in [-0.2, 0) is 19.6 Å². The average molecular weight is 451 g/mol. The number of rotatable bonds is 6. The van der Waals surface area contributed by atoms with E-state index in [9.17, 15) is 18.0 Å². The van der Waals surface area contributed by atoms with Gasteiger partial charge in [-0.3, -0.25) is 18.8 Å². The maximum atomic E-state index is 12.9. The second-order valence-corrected chi connectivity index (χ2v) is 10.6. The predicted molar refractivity (Wildman–Crippen MR) is 121 cm³/mol. The fraction of sp³-hybridized carbons (Fsp3) is 0.636. The van der Waals surface area contributed by atoms with Gasteiger partial charge in [-0.15, -0.1) is 0 Å². The van der Waals surface area contributed by atoms with Crippen molar-refractivity contribution in [1.29, 1.82) is 0 Å². The van der Waals surface area contributed by atoms with Crippen LogP contribution in [-0.4, -0.2) is 93.0 Å². The van der Waals surface area contributed by atoms with Crippen LogP contribution in [0.15, 0.2) is 24.3 Å². The van der Waals surface area contributed by atoms with Gasteiger partial charge >= 0.3 is 0 Å². The number of piperazine rings is 1. The van der Waals surface area contributed by atoms with Crippen molar-refractivity contribution in [2.45, 2.75) is 39.2 Å². The van der Waals surface area contributed by atoms with Crippen LogP contribution >= 0.6 is 0 Å². The summed E-state index contributed by atoms with van der Waals surface area (Å²) in [6, 6.07) is 7.45. The smallest absolute Gasteiger partial charge is 0.243 e. The Labute approximate surface area is 185 Å². The Kier molecular flexibility index (Phi) is 7.59. The van der Waals surface area contributed by atoms with Gasteiger partial charge in [0.1, 0.15) is 6.54 Å². The van der Waals surface area contributed by atoms with Gasteiger partial charge in [0.05, 0.1) is 18.5 Å². The zero-order valence-corrected chi connectivity index (χ0v) is 19.6. The second kappa shape index (κ2) is 9.99. The summed E-state index contributed by atoms with van der Waals surface area (Å²) in [5.41, 5.74) is 1.33. The number of hydrogen-bond acceptors (Lipinski definition) is 5. The molecule has 2 amide bonds. The van der Waals surface area contributed by atoms with Crippen LogP contribution in [0.5, 0.6) is 0 Å². The van der Waals surface area contributed by atoms with E-state index in [1.54, 1.807) is 17.0 Å². The number of para-hydroxylation sites is 1. The van der Waals surface area contributed by atoms with E-state index in [1.165, 1.54) is 10.7 Å². The lowest BCUT2D eigenvalue weighted by Gasteiger charge is -2.38. The van der Waals surface area contributed by atoms with Gasteiger partial charge in [0, 0.05) is 38.8 Å². The van der Waals surface area contributed by atoms with Gasteiger partial charge < -0.3 is 9.80 Å². The van der Waals surface area contributed by atoms with Crippen LogP contribution in [0.4, 0.5) is 5.69 Å². The first-order valence-electron chi connectivity index (χ1n) is 11.0. The van der Waals surface area contributed by atoms with Gasteiger partial charge in [-0.25, -0.2) is 8.42 Å². The highest BCUT2D eigenvalue weighted by Crippen LogP contribution is 2.22. The maximum absolute atomic E-state index is 12.9. The van der Waals surface area contributed by atoms with E-state index < -0.39 is 10.0 Å². The van der Waals surface area contributed by atoms with Crippen LogP contribution in [0.1, 0.15) is 31.7 Å². The fourth-order valence-corrected chi connectivity index (χ4v) is 5.26. The van der Waals surface area contributed by atoms with E-state index >= 15 is 0 Å². The van der Waals surface area contributed by atoms with E-state index in [2.05, 4.69) is 11.8 Å². The first kappa shape index (κ1) is 23.5. The lowest BCUT2D eigenvalue weighted by atomic mass is 10.0. The van der Waals surface area contributed by atoms with Gasteiger partial charge in [0.15, 0.2) is 0 Å². The van der Waals surface area contributed by atoms with Gasteiger partial charge in [-0.2, -0.15) is 0 Å². The molecule has 0 aliphatic carbocycles. The Morgan fingerprint density at radius 3 is 2.32 bits per heavy atom. The van der Waals surface area contributed by atoms with E-state index in [-0.39, 0.29) is 18.4 Å². The minimum atomic E-state index is -3.59. The standard InChI is InChI=1S/C22H34N4O4S/c1-18-8-4-5-10-20(18)26(31(3,29)30)17-21(27)24-14-12-23(13-15-24)16-22(28)25-11-7-6-9-19(25)2/h4-5,8,10,19H,6-7,9,11-17H2,1-3H3. The summed E-state index contributed by atoms with van der Waals surface area (Å²) in [7, 11) is -3.59. The number of anilines is 1. The number of aryl methyl sites for hydroxylation is 1. The average Bonchev–Trinajstić information content (AvgIpc) is 2.72. The number of sulfonamides is 1. The molecule has 1 unspecified atom stereocenters. The number of carbonyl (C=O) groups excluding carboxylic acids is 2. The van der Waals surface area contributed by atoms with Gasteiger partial charge in [0.25, 0.3) is 0 Å². The summed E-state index contributed by atoms with van der Waals surface area (Å²) in [6.45, 7) is 7.15. The molecule has 2 saturated heterocycles. The molecule has 1 atom stereocenters. The van der Waals surface area contributed by atoms with Crippen molar-refractivity contribution in [2.75, 3.05) is 56.4 Å². The van der Waals surface area contributed by atoms with E-state index in [0.717, 1.165) is 31.2 Å². The number of piperidine rings is 1. The quantitative estimate of drug-likeness (QED) is 0.653. The van der Waals surface area contributed by atoms with Crippen molar-refractivity contribution in [3.8, 4) is 0 Å². The highest BCUT2D eigenvalue weighted by Gasteiger charge is 2.29. The molecule has 0 spiro atoms. The molecule has 8 nitrogen and oxygen atoms in total. The number of hydrogen-bond donors (Lipinski definition) is 0. The molecule has 0 N–H and O–H groups in total. The third kappa shape index (κ3) is 5.98. The van der Waals surface area contributed by atoms with Crippen LogP contribution in [0.2, 0.25) is 0 Å². The first-order valence-corrected chi connectivity index (χ1v) is 12.8. The molecular formula is C22H34N4O4S. The maximum Gasteiger partial charge on any atom is 0.243 e. The Hall–Kier alpha value is -2.13. The van der Waals surface area contributed by atoms with E-state index in [0.29, 0.717) is 44.5 Å². The van der Waals surface area contributed by atoms with Crippen molar-refractivity contribution >= 4 is 27.5 Å². The van der Waals surface area contributed by atoms with Crippen molar-refractivity contribution in [3.05, 3.63) is 29.8 Å². The van der Waals surface area contributed by atoms with Crippen LogP contribution in [0.3, 0.4) is 0 Å². The molecule has 0 radical (unpaired) electrons. The lowest BCUT2D eigenvalue weighted by Crippen LogP contribution is -2.54. The van der Waals surface area contributed by atoms with Crippen molar-refractivity contribution in [1.82, 2.24) is 14.7 Å². The minimum absolute atomic E-state index is 0.162. The second-order valence-electron chi connectivity index (χ2n) is 8.64.